The summed E-state index contributed by atoms with van der Waals surface area (Å²) in [4.78, 5) is 82.1. The van der Waals surface area contributed by atoms with Crippen molar-refractivity contribution in [3.8, 4) is 39.4 Å². The van der Waals surface area contributed by atoms with Crippen LogP contribution in [-0.2, 0) is 52.8 Å². The summed E-state index contributed by atoms with van der Waals surface area (Å²) in [5.41, 5.74) is 31.4. The number of fused-ring (bicyclic) bond motifs is 1. The van der Waals surface area contributed by atoms with Crippen LogP contribution in [0.5, 0.6) is 0 Å². The number of methoxy groups -OCH3 is 3. The molecule has 6 heterocycles. The smallest absolute Gasteiger partial charge is 0.414 e. The van der Waals surface area contributed by atoms with Gasteiger partial charge in [0.25, 0.3) is 17.9 Å². The maximum absolute atomic E-state index is 14.9. The number of amides is 5. The summed E-state index contributed by atoms with van der Waals surface area (Å²) in [6.07, 6.45) is 1.41. The van der Waals surface area contributed by atoms with Crippen LogP contribution in [0.3, 0.4) is 0 Å². The third kappa shape index (κ3) is 19.1. The predicted molar refractivity (Wildman–Crippen MR) is 363 cm³/mol. The number of benzene rings is 6. The van der Waals surface area contributed by atoms with Crippen LogP contribution >= 0.6 is 0 Å². The van der Waals surface area contributed by atoms with Crippen LogP contribution in [0.15, 0.2) is 144 Å². The number of nitrogens with zero attached hydrogens (tertiary/aromatic N) is 14. The first-order valence-corrected chi connectivity index (χ1v) is 31.3. The Labute approximate surface area is 575 Å². The van der Waals surface area contributed by atoms with Gasteiger partial charge in [-0.1, -0.05) is 109 Å². The molecule has 0 radical (unpaired) electrons. The minimum atomic E-state index is -0.745. The number of cyclic esters (lactones) is 3. The van der Waals surface area contributed by atoms with Gasteiger partial charge in [-0.2, -0.15) is 5.26 Å². The van der Waals surface area contributed by atoms with E-state index in [0.29, 0.717) is 95.1 Å². The Balaban J connectivity index is 0.000000178. The summed E-state index contributed by atoms with van der Waals surface area (Å²) in [5, 5.41) is 26.5. The Kier molecular flexibility index (Phi) is 26.1. The minimum Gasteiger partial charge on any atom is -0.444 e. The Hall–Kier alpha value is -12.2. The van der Waals surface area contributed by atoms with E-state index in [2.05, 4.69) is 60.6 Å². The van der Waals surface area contributed by atoms with Gasteiger partial charge in [0.15, 0.2) is 22.7 Å². The fourth-order valence-electron chi connectivity index (χ4n) is 10.3. The number of H-pyrrole nitrogens is 1. The standard InChI is InChI=1S/C22H19FN6O3.C21H21FN6O3.C18H17FN4O2.C4H10O3.C3H4N2O/c1-2-16-11-28(22(31)32-16)15-7-8-17(18(23)9-15)14-5-3-13(4-6-14)10-29-20-19(26-27-29)21(30)25-12-24-20;1-2-15-11-27(21(30)31-15)14-7-8-16(17(22)9-14)13-5-3-12(4-6-13)10-28-19(23)18(20(24)29)25-26-28;1-2-15-11-23(18(24)25-15)14-7-8-16(17(19)9-14)13-5-3-12(4-6-13)10-21-22-20;1-5-4(6-2)7-3;4-2-1-3(5)6/h3-9,12,16H,2,10-11H2,1H3,(H,24,25,30);3-9,15H,2,10-11,23H2,1H3,(H2,24,29);3-9,15H,2,10-11H2,1H3;4H,1-3H3;1H2,(H2,5,6)/t16-;2*15-;;/m000../s1. The van der Waals surface area contributed by atoms with Crippen molar-refractivity contribution in [1.29, 1.82) is 5.26 Å². The first-order chi connectivity index (χ1) is 48.6. The Morgan fingerprint density at radius 1 is 0.634 bits per heavy atom. The third-order valence-electron chi connectivity index (χ3n) is 15.7. The minimum absolute atomic E-state index is 0.0778. The lowest BCUT2D eigenvalue weighted by Crippen LogP contribution is -2.24. The Morgan fingerprint density at radius 2 is 1.03 bits per heavy atom. The zero-order valence-electron chi connectivity index (χ0n) is 55.6. The second-order valence-electron chi connectivity index (χ2n) is 22.3. The number of nitrogens with two attached hydrogens (primary N) is 3. The number of nitrogen functional groups attached to an aromatic ring is 1. The number of rotatable bonds is 20. The fourth-order valence-corrected chi connectivity index (χ4v) is 10.3. The average Bonchev–Trinajstić information content (AvgIpc) is 1.80. The van der Waals surface area contributed by atoms with Crippen molar-refractivity contribution in [2.24, 2.45) is 16.6 Å². The van der Waals surface area contributed by atoms with Crippen LogP contribution in [0.4, 0.5) is 50.4 Å². The van der Waals surface area contributed by atoms with E-state index in [4.69, 9.17) is 36.5 Å². The molecule has 3 atom stereocenters. The van der Waals surface area contributed by atoms with Gasteiger partial charge in [0.2, 0.25) is 5.91 Å². The fraction of sp³-hybridized carbons (Fsp3) is 0.294. The van der Waals surface area contributed by atoms with Crippen molar-refractivity contribution in [3.05, 3.63) is 194 Å². The third-order valence-corrected chi connectivity index (χ3v) is 15.7. The molecule has 3 aromatic heterocycles. The normalized spacial score (nSPS) is 15.1. The molecular weight excluding hydrogens is 1320 g/mol. The number of nitrogens with one attached hydrogen (secondary N) is 1. The molecule has 3 aliphatic heterocycles. The number of halogens is 3. The van der Waals surface area contributed by atoms with E-state index in [1.54, 1.807) is 91.0 Å². The van der Waals surface area contributed by atoms with Gasteiger partial charge in [0, 0.05) is 42.9 Å². The SMILES string of the molecule is CC[C@H]1CN(c2ccc(-c3ccc(CN=[N+]=[N-])cc3)c(F)c2)C(=O)O1.CC[C@H]1CN(c2ccc(-c3ccc(Cn4nnc(C(N)=O)c4N)cc3)c(F)c2)C(=O)O1.CC[C@H]1CN(c2ccc(-c3ccc(Cn4nnc5c(=O)[nH]cnc54)cc3)c(F)c2)C(=O)O1.COC(OC)OC.N#CCC(N)=O. The number of nitriles is 1. The second-order valence-corrected chi connectivity index (χ2v) is 22.3. The molecule has 0 bridgehead atoms. The van der Waals surface area contributed by atoms with Gasteiger partial charge in [-0.3, -0.25) is 29.1 Å². The molecule has 33 heteroatoms. The average molecular weight is 1390 g/mol. The van der Waals surface area contributed by atoms with Gasteiger partial charge < -0.3 is 50.6 Å². The number of aromatic amines is 1. The number of ether oxygens (including phenoxy) is 6. The van der Waals surface area contributed by atoms with Crippen LogP contribution in [0.2, 0.25) is 0 Å². The molecular formula is C68H71F3N18O12. The summed E-state index contributed by atoms with van der Waals surface area (Å²) in [6.45, 7) is 7.46. The van der Waals surface area contributed by atoms with Crippen LogP contribution in [-0.4, -0.2) is 136 Å². The van der Waals surface area contributed by atoms with E-state index in [0.717, 1.165) is 23.1 Å². The Morgan fingerprint density at radius 3 is 1.35 bits per heavy atom. The molecule has 7 N–H and O–H groups in total. The lowest BCUT2D eigenvalue weighted by molar-refractivity contribution is -0.252. The zero-order valence-corrected chi connectivity index (χ0v) is 55.6. The molecule has 101 heavy (non-hydrogen) atoms. The molecule has 0 aliphatic carbocycles. The summed E-state index contributed by atoms with van der Waals surface area (Å²) in [5.74, 6) is -2.50. The number of azide groups is 1. The first-order valence-electron chi connectivity index (χ1n) is 31.3. The van der Waals surface area contributed by atoms with Gasteiger partial charge in [-0.15, -0.1) is 10.2 Å². The highest BCUT2D eigenvalue weighted by Gasteiger charge is 2.34. The predicted octanol–water partition coefficient (Wildman–Crippen LogP) is 10.3. The highest BCUT2D eigenvalue weighted by Crippen LogP contribution is 2.34. The molecule has 30 nitrogen and oxygen atoms in total. The zero-order chi connectivity index (χ0) is 72.9. The lowest BCUT2D eigenvalue weighted by atomic mass is 10.0. The van der Waals surface area contributed by atoms with Gasteiger partial charge >= 0.3 is 18.3 Å². The summed E-state index contributed by atoms with van der Waals surface area (Å²) < 4.78 is 76.6. The maximum Gasteiger partial charge on any atom is 0.414 e. The monoisotopic (exact) mass is 1390 g/mol. The van der Waals surface area contributed by atoms with Crippen molar-refractivity contribution >= 4 is 64.1 Å². The van der Waals surface area contributed by atoms with Gasteiger partial charge in [-0.05, 0) is 113 Å². The molecule has 3 fully saturated rings. The second kappa shape index (κ2) is 35.3. The highest BCUT2D eigenvalue weighted by molar-refractivity contribution is 5.95. The van der Waals surface area contributed by atoms with Crippen LogP contribution in [0.25, 0.3) is 55.0 Å². The summed E-state index contributed by atoms with van der Waals surface area (Å²) in [7, 11) is 4.53. The van der Waals surface area contributed by atoms with E-state index < -0.39 is 54.0 Å². The molecule has 3 aliphatic rings. The van der Waals surface area contributed by atoms with Crippen molar-refractivity contribution < 1.29 is 65.6 Å². The van der Waals surface area contributed by atoms with Gasteiger partial charge in [-0.25, -0.2) is 41.9 Å². The molecule has 12 rings (SSSR count). The van der Waals surface area contributed by atoms with E-state index in [-0.39, 0.29) is 60.4 Å². The molecule has 6 aromatic carbocycles. The van der Waals surface area contributed by atoms with E-state index in [9.17, 15) is 41.9 Å². The number of carbonyl (C=O) groups is 5. The Bertz CT molecular complexity index is 4540. The lowest BCUT2D eigenvalue weighted by Gasteiger charge is -2.14. The van der Waals surface area contributed by atoms with Gasteiger partial charge in [0.05, 0.1) is 68.7 Å². The first kappa shape index (κ1) is 74.5. The molecule has 9 aromatic rings. The van der Waals surface area contributed by atoms with Crippen molar-refractivity contribution in [1.82, 2.24) is 40.0 Å². The van der Waals surface area contributed by atoms with Crippen molar-refractivity contribution in [2.75, 3.05) is 61.4 Å². The molecule has 0 unspecified atom stereocenters. The number of primary amides is 2. The summed E-state index contributed by atoms with van der Waals surface area (Å²) in [6, 6.07) is 37.3. The van der Waals surface area contributed by atoms with E-state index in [1.165, 1.54) is 69.9 Å². The summed E-state index contributed by atoms with van der Waals surface area (Å²) >= 11 is 0. The number of hydrogen-bond donors (Lipinski definition) is 4. The van der Waals surface area contributed by atoms with E-state index in [1.807, 2.05) is 45.0 Å². The van der Waals surface area contributed by atoms with Crippen LogP contribution in [0.1, 0.15) is 73.6 Å². The van der Waals surface area contributed by atoms with Gasteiger partial charge in [0.1, 0.15) is 42.2 Å². The largest absolute Gasteiger partial charge is 0.444 e. The number of carbonyl (C=O) groups excluding carboxylic acids is 5. The number of hydrogen-bond acceptors (Lipinski definition) is 20. The molecule has 0 saturated carbocycles. The van der Waals surface area contributed by atoms with E-state index >= 15 is 0 Å². The molecule has 5 amide bonds. The molecule has 3 saturated heterocycles. The molecule has 0 spiro atoms. The quantitative estimate of drug-likeness (QED) is 0.0181. The number of anilines is 4. The van der Waals surface area contributed by atoms with Crippen LogP contribution < -0.4 is 37.5 Å². The van der Waals surface area contributed by atoms with Crippen LogP contribution in [0, 0.1) is 28.8 Å². The number of aromatic nitrogens is 8. The molecule has 526 valence electrons. The van der Waals surface area contributed by atoms with Crippen molar-refractivity contribution in [2.45, 2.75) is 90.9 Å². The maximum atomic E-state index is 14.9. The topological polar surface area (TPSA) is 408 Å². The highest BCUT2D eigenvalue weighted by atomic mass is 19.1. The van der Waals surface area contributed by atoms with Crippen molar-refractivity contribution in [3.63, 3.8) is 0 Å².